The molecular formula is C13H8BrN3O. The van der Waals surface area contributed by atoms with Gasteiger partial charge in [-0.2, -0.15) is 10.5 Å². The minimum absolute atomic E-state index is 0.0458. The van der Waals surface area contributed by atoms with E-state index in [0.29, 0.717) is 5.57 Å². The first-order chi connectivity index (χ1) is 8.67. The fourth-order valence-electron chi connectivity index (χ4n) is 1.77. The quantitative estimate of drug-likeness (QED) is 0.864. The average molecular weight is 302 g/mol. The summed E-state index contributed by atoms with van der Waals surface area (Å²) in [5.74, 6) is -0.411. The van der Waals surface area contributed by atoms with Crippen molar-refractivity contribution < 1.29 is 4.74 Å². The van der Waals surface area contributed by atoms with Crippen LogP contribution in [0, 0.1) is 22.7 Å². The normalized spacial score (nSPS) is 18.4. The van der Waals surface area contributed by atoms with Crippen molar-refractivity contribution in [2.24, 2.45) is 5.73 Å². The van der Waals surface area contributed by atoms with E-state index in [-0.39, 0.29) is 11.5 Å². The minimum Gasteiger partial charge on any atom is -0.447 e. The molecule has 1 unspecified atom stereocenters. The summed E-state index contributed by atoms with van der Waals surface area (Å²) in [6.45, 7) is 0. The molecule has 1 heterocycles. The van der Waals surface area contributed by atoms with Crippen LogP contribution in [0.15, 0.2) is 52.0 Å². The van der Waals surface area contributed by atoms with Gasteiger partial charge in [0.15, 0.2) is 0 Å². The van der Waals surface area contributed by atoms with E-state index in [0.717, 1.165) is 10.0 Å². The third-order valence-electron chi connectivity index (χ3n) is 2.63. The van der Waals surface area contributed by atoms with Crippen molar-refractivity contribution in [3.05, 3.63) is 57.6 Å². The van der Waals surface area contributed by atoms with Gasteiger partial charge in [0.25, 0.3) is 0 Å². The van der Waals surface area contributed by atoms with E-state index in [1.54, 1.807) is 0 Å². The number of benzene rings is 1. The molecule has 2 N–H and O–H groups in total. The van der Waals surface area contributed by atoms with Gasteiger partial charge in [0, 0.05) is 4.47 Å². The summed E-state index contributed by atoms with van der Waals surface area (Å²) in [4.78, 5) is 0. The van der Waals surface area contributed by atoms with Crippen LogP contribution >= 0.6 is 15.9 Å². The molecule has 4 nitrogen and oxygen atoms in total. The molecule has 5 heteroatoms. The molecule has 0 radical (unpaired) electrons. The molecule has 18 heavy (non-hydrogen) atoms. The summed E-state index contributed by atoms with van der Waals surface area (Å²) in [6, 6.07) is 11.4. The molecule has 1 atom stereocenters. The Balaban J connectivity index is 2.54. The second-order valence-corrected chi connectivity index (χ2v) is 4.59. The second-order valence-electron chi connectivity index (χ2n) is 3.68. The molecule has 0 amide bonds. The lowest BCUT2D eigenvalue weighted by atomic mass is 9.85. The highest BCUT2D eigenvalue weighted by Crippen LogP contribution is 2.35. The molecule has 88 valence electrons. The van der Waals surface area contributed by atoms with Crippen LogP contribution < -0.4 is 5.73 Å². The van der Waals surface area contributed by atoms with Gasteiger partial charge in [-0.25, -0.2) is 0 Å². The summed E-state index contributed by atoms with van der Waals surface area (Å²) in [5, 5.41) is 18.2. The molecule has 0 bridgehead atoms. The molecule has 0 fully saturated rings. The third kappa shape index (κ3) is 2.09. The molecule has 0 aliphatic carbocycles. The monoisotopic (exact) mass is 301 g/mol. The zero-order chi connectivity index (χ0) is 13.1. The highest BCUT2D eigenvalue weighted by molar-refractivity contribution is 9.10. The molecular weight excluding hydrogens is 294 g/mol. The lowest BCUT2D eigenvalue weighted by Gasteiger charge is -2.21. The summed E-state index contributed by atoms with van der Waals surface area (Å²) in [7, 11) is 0. The summed E-state index contributed by atoms with van der Waals surface area (Å²) in [5.41, 5.74) is 7.09. The van der Waals surface area contributed by atoms with Crippen molar-refractivity contribution in [2.45, 2.75) is 5.92 Å². The predicted octanol–water partition coefficient (Wildman–Crippen LogP) is 2.66. The Morgan fingerprint density at radius 3 is 2.39 bits per heavy atom. The van der Waals surface area contributed by atoms with Crippen molar-refractivity contribution in [1.82, 2.24) is 0 Å². The van der Waals surface area contributed by atoms with Crippen LogP contribution in [0.5, 0.6) is 0 Å². The highest BCUT2D eigenvalue weighted by atomic mass is 79.9. The number of nitriles is 2. The number of hydrogen-bond donors (Lipinski definition) is 1. The molecule has 1 aliphatic heterocycles. The van der Waals surface area contributed by atoms with E-state index < -0.39 is 5.92 Å². The maximum Gasteiger partial charge on any atom is 0.204 e. The van der Waals surface area contributed by atoms with Gasteiger partial charge in [-0.1, -0.05) is 28.1 Å². The molecule has 1 aliphatic rings. The number of allylic oxidation sites excluding steroid dienone is 2. The Morgan fingerprint density at radius 1 is 1.17 bits per heavy atom. The fourth-order valence-corrected chi connectivity index (χ4v) is 2.03. The van der Waals surface area contributed by atoms with E-state index in [4.69, 9.17) is 21.0 Å². The van der Waals surface area contributed by atoms with Crippen LogP contribution in [0.25, 0.3) is 0 Å². The van der Waals surface area contributed by atoms with E-state index >= 15 is 0 Å². The minimum atomic E-state index is -0.457. The van der Waals surface area contributed by atoms with Crippen LogP contribution in [-0.4, -0.2) is 0 Å². The highest BCUT2D eigenvalue weighted by Gasteiger charge is 2.28. The standard InChI is InChI=1S/C13H8BrN3O/c14-10-3-1-8(2-4-10)12-9(5-15)7-18-13(17)11(12)6-16/h1-4,7,12H,17H2. The molecule has 1 aromatic rings. The van der Waals surface area contributed by atoms with Crippen LogP contribution in [0.2, 0.25) is 0 Å². The predicted molar refractivity (Wildman–Crippen MR) is 68.5 cm³/mol. The van der Waals surface area contributed by atoms with Gasteiger partial charge in [-0.05, 0) is 17.7 Å². The van der Waals surface area contributed by atoms with Crippen LogP contribution in [0.4, 0.5) is 0 Å². The SMILES string of the molecule is N#CC1=COC(N)=C(C#N)C1c1ccc(Br)cc1. The molecule has 0 saturated carbocycles. The van der Waals surface area contributed by atoms with Crippen molar-refractivity contribution in [2.75, 3.05) is 0 Å². The molecule has 2 rings (SSSR count). The number of nitrogens with two attached hydrogens (primary N) is 1. The van der Waals surface area contributed by atoms with Gasteiger partial charge < -0.3 is 10.5 Å². The zero-order valence-electron chi connectivity index (χ0n) is 9.22. The van der Waals surface area contributed by atoms with Crippen LogP contribution in [0.3, 0.4) is 0 Å². The Kier molecular flexibility index (Phi) is 3.36. The first-order valence-electron chi connectivity index (χ1n) is 5.09. The van der Waals surface area contributed by atoms with Gasteiger partial charge in [0.05, 0.1) is 17.6 Å². The van der Waals surface area contributed by atoms with Crippen LogP contribution in [-0.2, 0) is 4.74 Å². The number of ether oxygens (including phenoxy) is 1. The fraction of sp³-hybridized carbons (Fsp3) is 0.0769. The Morgan fingerprint density at radius 2 is 1.83 bits per heavy atom. The topological polar surface area (TPSA) is 82.8 Å². The Hall–Kier alpha value is -2.24. The number of halogens is 1. The average Bonchev–Trinajstić information content (AvgIpc) is 2.39. The Labute approximate surface area is 113 Å². The lowest BCUT2D eigenvalue weighted by Crippen LogP contribution is -2.16. The zero-order valence-corrected chi connectivity index (χ0v) is 10.8. The van der Waals surface area contributed by atoms with Crippen molar-refractivity contribution in [3.63, 3.8) is 0 Å². The largest absolute Gasteiger partial charge is 0.447 e. The molecule has 0 spiro atoms. The maximum atomic E-state index is 9.15. The molecule has 1 aromatic carbocycles. The van der Waals surface area contributed by atoms with E-state index in [1.165, 1.54) is 6.26 Å². The van der Waals surface area contributed by atoms with E-state index in [2.05, 4.69) is 15.9 Å². The summed E-state index contributed by atoms with van der Waals surface area (Å²) >= 11 is 3.34. The third-order valence-corrected chi connectivity index (χ3v) is 3.16. The molecule has 0 aromatic heterocycles. The Bertz CT molecular complexity index is 617. The lowest BCUT2D eigenvalue weighted by molar-refractivity contribution is 0.326. The summed E-state index contributed by atoms with van der Waals surface area (Å²) in [6.07, 6.45) is 1.29. The van der Waals surface area contributed by atoms with Crippen molar-refractivity contribution in [1.29, 1.82) is 10.5 Å². The number of nitrogens with zero attached hydrogens (tertiary/aromatic N) is 2. The van der Waals surface area contributed by atoms with Gasteiger partial charge in [0.1, 0.15) is 17.9 Å². The number of rotatable bonds is 1. The van der Waals surface area contributed by atoms with Gasteiger partial charge in [0.2, 0.25) is 5.88 Å². The molecule has 0 saturated heterocycles. The summed E-state index contributed by atoms with van der Waals surface area (Å²) < 4.78 is 5.93. The second kappa shape index (κ2) is 4.95. The van der Waals surface area contributed by atoms with Crippen molar-refractivity contribution in [3.8, 4) is 12.1 Å². The van der Waals surface area contributed by atoms with E-state index in [9.17, 15) is 0 Å². The van der Waals surface area contributed by atoms with Crippen molar-refractivity contribution >= 4 is 15.9 Å². The van der Waals surface area contributed by atoms with Gasteiger partial charge >= 0.3 is 0 Å². The maximum absolute atomic E-state index is 9.15. The van der Waals surface area contributed by atoms with E-state index in [1.807, 2.05) is 36.4 Å². The number of hydrogen-bond acceptors (Lipinski definition) is 4. The first-order valence-corrected chi connectivity index (χ1v) is 5.88. The smallest absolute Gasteiger partial charge is 0.204 e. The van der Waals surface area contributed by atoms with Gasteiger partial charge in [-0.15, -0.1) is 0 Å². The van der Waals surface area contributed by atoms with Gasteiger partial charge in [-0.3, -0.25) is 0 Å². The first kappa shape index (κ1) is 12.2. The van der Waals surface area contributed by atoms with Crippen LogP contribution in [0.1, 0.15) is 11.5 Å².